The summed E-state index contributed by atoms with van der Waals surface area (Å²) in [5, 5.41) is 8.23. The third kappa shape index (κ3) is 4.33. The van der Waals surface area contributed by atoms with Gasteiger partial charge in [-0.05, 0) is 19.8 Å². The highest BCUT2D eigenvalue weighted by Gasteiger charge is 2.27. The van der Waals surface area contributed by atoms with Crippen LogP contribution in [0.5, 0.6) is 0 Å². The van der Waals surface area contributed by atoms with Crippen LogP contribution in [0.3, 0.4) is 0 Å². The molecule has 126 valence electrons. The van der Waals surface area contributed by atoms with Crippen molar-refractivity contribution in [3.8, 4) is 0 Å². The molecule has 4 nitrogen and oxygen atoms in total. The molecule has 0 bridgehead atoms. The molecule has 0 saturated heterocycles. The number of carbonyl (C=O) groups is 1. The van der Waals surface area contributed by atoms with Gasteiger partial charge in [-0.3, -0.25) is 0 Å². The molecule has 0 radical (unpaired) electrons. The summed E-state index contributed by atoms with van der Waals surface area (Å²) in [4.78, 5) is 10.2. The SMILES string of the molecule is COC(C)(C)C(C)C.Nc1c(F)c(F)c(C(=O)O)c(F)c1F. The molecule has 0 heterocycles. The second kappa shape index (κ2) is 7.44. The highest BCUT2D eigenvalue weighted by atomic mass is 19.2. The van der Waals surface area contributed by atoms with Gasteiger partial charge in [-0.25, -0.2) is 22.4 Å². The minimum absolute atomic E-state index is 0.0417. The van der Waals surface area contributed by atoms with E-state index in [1.807, 2.05) is 0 Å². The zero-order valence-electron chi connectivity index (χ0n) is 12.9. The van der Waals surface area contributed by atoms with Gasteiger partial charge >= 0.3 is 5.97 Å². The monoisotopic (exact) mass is 325 g/mol. The first-order chi connectivity index (χ1) is 9.88. The van der Waals surface area contributed by atoms with Gasteiger partial charge < -0.3 is 15.6 Å². The molecule has 0 unspecified atom stereocenters. The maximum absolute atomic E-state index is 12.7. The number of nitrogens with two attached hydrogens (primary N) is 1. The summed E-state index contributed by atoms with van der Waals surface area (Å²) >= 11 is 0. The predicted molar refractivity (Wildman–Crippen MR) is 73.6 cm³/mol. The second-order valence-corrected chi connectivity index (χ2v) is 5.31. The average molecular weight is 325 g/mol. The number of methoxy groups -OCH3 is 1. The van der Waals surface area contributed by atoms with Crippen LogP contribution in [0.1, 0.15) is 38.1 Å². The molecule has 0 atom stereocenters. The number of carboxylic acid groups (broad SMARTS) is 1. The van der Waals surface area contributed by atoms with E-state index in [2.05, 4.69) is 33.4 Å². The number of anilines is 1. The standard InChI is InChI=1S/C7H3F4NO2.C7H16O/c8-2-1(7(13)14)3(9)5(11)6(12)4(2)10;1-6(2)7(3,4)8-5/h12H2,(H,13,14);6H,1-5H3. The highest BCUT2D eigenvalue weighted by molar-refractivity contribution is 5.88. The number of carboxylic acids is 1. The smallest absolute Gasteiger partial charge is 0.341 e. The number of ether oxygens (including phenoxy) is 1. The Hall–Kier alpha value is -1.83. The Balaban J connectivity index is 0.000000472. The van der Waals surface area contributed by atoms with Crippen molar-refractivity contribution in [2.45, 2.75) is 33.3 Å². The number of benzene rings is 1. The third-order valence-electron chi connectivity index (χ3n) is 3.43. The normalized spacial score (nSPS) is 11.2. The Bertz CT molecular complexity index is 531. The molecule has 0 amide bonds. The van der Waals surface area contributed by atoms with Crippen LogP contribution in [-0.4, -0.2) is 23.8 Å². The molecule has 1 rings (SSSR count). The average Bonchev–Trinajstić information content (AvgIpc) is 2.43. The van der Waals surface area contributed by atoms with Gasteiger partial charge in [-0.2, -0.15) is 0 Å². The lowest BCUT2D eigenvalue weighted by atomic mass is 9.95. The van der Waals surface area contributed by atoms with Crippen LogP contribution in [0.4, 0.5) is 23.2 Å². The Kier molecular flexibility index (Phi) is 6.82. The van der Waals surface area contributed by atoms with Crippen LogP contribution in [0.2, 0.25) is 0 Å². The maximum Gasteiger partial charge on any atom is 0.341 e. The predicted octanol–water partition coefficient (Wildman–Crippen LogP) is 3.59. The van der Waals surface area contributed by atoms with Gasteiger partial charge in [-0.15, -0.1) is 0 Å². The quantitative estimate of drug-likeness (QED) is 0.506. The lowest BCUT2D eigenvalue weighted by Gasteiger charge is -2.26. The van der Waals surface area contributed by atoms with Gasteiger partial charge in [0, 0.05) is 7.11 Å². The maximum atomic E-state index is 12.7. The van der Waals surface area contributed by atoms with E-state index in [4.69, 9.17) is 9.84 Å². The lowest BCUT2D eigenvalue weighted by Crippen LogP contribution is -2.29. The number of aromatic carboxylic acids is 1. The number of halogens is 4. The molecule has 0 aliphatic rings. The number of hydrogen-bond acceptors (Lipinski definition) is 3. The molecule has 0 spiro atoms. The van der Waals surface area contributed by atoms with Crippen molar-refractivity contribution in [1.82, 2.24) is 0 Å². The van der Waals surface area contributed by atoms with Crippen LogP contribution in [0, 0.1) is 29.2 Å². The number of nitrogen functional groups attached to an aromatic ring is 1. The van der Waals surface area contributed by atoms with Crippen molar-refractivity contribution in [2.24, 2.45) is 5.92 Å². The number of hydrogen-bond donors (Lipinski definition) is 2. The van der Waals surface area contributed by atoms with Gasteiger partial charge in [0.25, 0.3) is 0 Å². The van der Waals surface area contributed by atoms with Crippen molar-refractivity contribution in [1.29, 1.82) is 0 Å². The summed E-state index contributed by atoms with van der Waals surface area (Å²) in [6.07, 6.45) is 0. The van der Waals surface area contributed by atoms with E-state index in [0.717, 1.165) is 0 Å². The minimum Gasteiger partial charge on any atom is -0.477 e. The van der Waals surface area contributed by atoms with Gasteiger partial charge in [0.2, 0.25) is 0 Å². The Morgan fingerprint density at radius 2 is 1.45 bits per heavy atom. The Morgan fingerprint density at radius 3 is 1.64 bits per heavy atom. The summed E-state index contributed by atoms with van der Waals surface area (Å²) in [5.74, 6) is -9.39. The van der Waals surface area contributed by atoms with E-state index in [1.165, 1.54) is 0 Å². The van der Waals surface area contributed by atoms with Crippen LogP contribution < -0.4 is 5.73 Å². The highest BCUT2D eigenvalue weighted by Crippen LogP contribution is 2.25. The van der Waals surface area contributed by atoms with Crippen LogP contribution in [0.15, 0.2) is 0 Å². The van der Waals surface area contributed by atoms with Gasteiger partial charge in [0.1, 0.15) is 11.3 Å². The van der Waals surface area contributed by atoms with Crippen LogP contribution in [0.25, 0.3) is 0 Å². The minimum atomic E-state index is -2.11. The van der Waals surface area contributed by atoms with E-state index >= 15 is 0 Å². The largest absolute Gasteiger partial charge is 0.477 e. The molecule has 0 saturated carbocycles. The summed E-state index contributed by atoms with van der Waals surface area (Å²) in [6, 6.07) is 0. The molecule has 1 aromatic carbocycles. The first kappa shape index (κ1) is 20.2. The first-order valence-electron chi connectivity index (χ1n) is 6.28. The summed E-state index contributed by atoms with van der Waals surface area (Å²) in [7, 11) is 1.75. The summed E-state index contributed by atoms with van der Waals surface area (Å²) in [6.45, 7) is 8.50. The van der Waals surface area contributed by atoms with E-state index < -0.39 is 40.5 Å². The molecule has 0 aromatic heterocycles. The fourth-order valence-electron chi connectivity index (χ4n) is 1.07. The van der Waals surface area contributed by atoms with E-state index in [1.54, 1.807) is 7.11 Å². The number of rotatable bonds is 3. The zero-order chi connectivity index (χ0) is 17.8. The zero-order valence-corrected chi connectivity index (χ0v) is 12.9. The topological polar surface area (TPSA) is 72.5 Å². The molecule has 3 N–H and O–H groups in total. The van der Waals surface area contributed by atoms with E-state index in [0.29, 0.717) is 5.92 Å². The van der Waals surface area contributed by atoms with Crippen molar-refractivity contribution in [2.75, 3.05) is 12.8 Å². The molecule has 22 heavy (non-hydrogen) atoms. The second-order valence-electron chi connectivity index (χ2n) is 5.31. The Labute approximate surface area is 125 Å². The van der Waals surface area contributed by atoms with Crippen molar-refractivity contribution in [3.63, 3.8) is 0 Å². The molecule has 8 heteroatoms. The first-order valence-corrected chi connectivity index (χ1v) is 6.28. The molecule has 0 aliphatic carbocycles. The molecule has 1 aromatic rings. The molecule has 0 aliphatic heterocycles. The van der Waals surface area contributed by atoms with Crippen LogP contribution in [-0.2, 0) is 4.74 Å². The summed E-state index contributed by atoms with van der Waals surface area (Å²) < 4.78 is 55.9. The van der Waals surface area contributed by atoms with Gasteiger partial charge in [0.05, 0.1) is 5.60 Å². The van der Waals surface area contributed by atoms with E-state index in [9.17, 15) is 22.4 Å². The van der Waals surface area contributed by atoms with Crippen molar-refractivity contribution < 1.29 is 32.2 Å². The fourth-order valence-corrected chi connectivity index (χ4v) is 1.07. The van der Waals surface area contributed by atoms with Crippen LogP contribution >= 0.6 is 0 Å². The van der Waals surface area contributed by atoms with Crippen molar-refractivity contribution >= 4 is 11.7 Å². The van der Waals surface area contributed by atoms with E-state index in [-0.39, 0.29) is 5.60 Å². The Morgan fingerprint density at radius 1 is 1.09 bits per heavy atom. The summed E-state index contributed by atoms with van der Waals surface area (Å²) in [5.41, 5.74) is 1.59. The molecular formula is C14H19F4NO3. The lowest BCUT2D eigenvalue weighted by molar-refractivity contribution is -0.0157. The van der Waals surface area contributed by atoms with Gasteiger partial charge in [0.15, 0.2) is 23.3 Å². The fraction of sp³-hybridized carbons (Fsp3) is 0.500. The van der Waals surface area contributed by atoms with Gasteiger partial charge in [-0.1, -0.05) is 13.8 Å². The molecular weight excluding hydrogens is 306 g/mol. The third-order valence-corrected chi connectivity index (χ3v) is 3.43. The van der Waals surface area contributed by atoms with Crippen molar-refractivity contribution in [3.05, 3.63) is 28.8 Å². The molecule has 0 fully saturated rings.